The third kappa shape index (κ3) is 5.35. The van der Waals surface area contributed by atoms with Crippen molar-refractivity contribution in [2.24, 2.45) is 0 Å². The smallest absolute Gasteiger partial charge is 0.283 e. The monoisotopic (exact) mass is 329 g/mol. The molecule has 1 rings (SSSR count). The molecule has 0 spiro atoms. The van der Waals surface area contributed by atoms with Gasteiger partial charge < -0.3 is 10.6 Å². The van der Waals surface area contributed by atoms with Crippen molar-refractivity contribution in [2.75, 3.05) is 11.9 Å². The molecule has 0 fully saturated rings. The van der Waals surface area contributed by atoms with Gasteiger partial charge in [-0.1, -0.05) is 0 Å². The third-order valence-corrected chi connectivity index (χ3v) is 2.84. The Kier molecular flexibility index (Phi) is 5.02. The number of nitrogens with one attached hydrogen (secondary N) is 2. The average molecular weight is 330 g/mol. The molecule has 1 amide bonds. The van der Waals surface area contributed by atoms with Crippen molar-refractivity contribution in [3.63, 3.8) is 0 Å². The molecular weight excluding hydrogens is 314 g/mol. The number of anilines is 1. The number of carbonyl (C=O) groups is 1. The average Bonchev–Trinajstić information content (AvgIpc) is 2.25. The molecule has 0 atom stereocenters. The SMILES string of the molecule is CC(C)(C)NCC(=O)Nc1ccc([N+](=O)[O-])c(Br)c1. The lowest BCUT2D eigenvalue weighted by Gasteiger charge is -2.20. The lowest BCUT2D eigenvalue weighted by atomic mass is 10.1. The molecule has 0 aromatic heterocycles. The maximum atomic E-state index is 11.7. The third-order valence-electron chi connectivity index (χ3n) is 2.21. The van der Waals surface area contributed by atoms with Gasteiger partial charge in [0.05, 0.1) is 15.9 Å². The summed E-state index contributed by atoms with van der Waals surface area (Å²) in [5, 5.41) is 16.4. The van der Waals surface area contributed by atoms with E-state index in [1.54, 1.807) is 0 Å². The summed E-state index contributed by atoms with van der Waals surface area (Å²) in [4.78, 5) is 21.8. The standard InChI is InChI=1S/C12H16BrN3O3/c1-12(2,3)14-7-11(17)15-8-4-5-10(16(18)19)9(13)6-8/h4-6,14H,7H2,1-3H3,(H,15,17). The summed E-state index contributed by atoms with van der Waals surface area (Å²) < 4.78 is 0.332. The van der Waals surface area contributed by atoms with Crippen LogP contribution in [0.3, 0.4) is 0 Å². The Morgan fingerprint density at radius 2 is 2.05 bits per heavy atom. The molecule has 19 heavy (non-hydrogen) atoms. The van der Waals surface area contributed by atoms with E-state index in [9.17, 15) is 14.9 Å². The summed E-state index contributed by atoms with van der Waals surface area (Å²) in [6.45, 7) is 6.06. The Morgan fingerprint density at radius 3 is 2.53 bits per heavy atom. The molecule has 0 unspecified atom stereocenters. The zero-order valence-corrected chi connectivity index (χ0v) is 12.6. The lowest BCUT2D eigenvalue weighted by molar-refractivity contribution is -0.385. The molecule has 104 valence electrons. The van der Waals surface area contributed by atoms with Gasteiger partial charge in [-0.15, -0.1) is 0 Å². The van der Waals surface area contributed by atoms with Gasteiger partial charge in [0.1, 0.15) is 0 Å². The van der Waals surface area contributed by atoms with Crippen LogP contribution in [0.25, 0.3) is 0 Å². The van der Waals surface area contributed by atoms with Gasteiger partial charge in [-0.25, -0.2) is 0 Å². The molecule has 0 heterocycles. The Bertz CT molecular complexity index is 497. The number of nitro benzene ring substituents is 1. The predicted octanol–water partition coefficient (Wildman–Crippen LogP) is 2.68. The van der Waals surface area contributed by atoms with Gasteiger partial charge in [-0.2, -0.15) is 0 Å². The zero-order valence-electron chi connectivity index (χ0n) is 11.0. The van der Waals surface area contributed by atoms with Crippen LogP contribution in [0.1, 0.15) is 20.8 Å². The first kappa shape index (κ1) is 15.6. The molecule has 7 heteroatoms. The molecule has 0 aliphatic rings. The van der Waals surface area contributed by atoms with Crippen molar-refractivity contribution in [3.05, 3.63) is 32.8 Å². The number of halogens is 1. The number of hydrogen-bond donors (Lipinski definition) is 2. The number of carbonyl (C=O) groups excluding carboxylic acids is 1. The van der Waals surface area contributed by atoms with E-state index in [-0.39, 0.29) is 23.7 Å². The molecule has 1 aromatic carbocycles. The maximum absolute atomic E-state index is 11.7. The Balaban J connectivity index is 2.65. The normalized spacial score (nSPS) is 11.2. The predicted molar refractivity (Wildman–Crippen MR) is 77.2 cm³/mol. The van der Waals surface area contributed by atoms with E-state index in [0.717, 1.165) is 0 Å². The zero-order chi connectivity index (χ0) is 14.6. The van der Waals surface area contributed by atoms with E-state index in [1.165, 1.54) is 18.2 Å². The summed E-state index contributed by atoms with van der Waals surface area (Å²) in [5.74, 6) is -0.198. The van der Waals surface area contributed by atoms with Gasteiger partial charge in [0.25, 0.3) is 5.69 Å². The molecule has 0 saturated carbocycles. The number of benzene rings is 1. The fraction of sp³-hybridized carbons (Fsp3) is 0.417. The highest BCUT2D eigenvalue weighted by atomic mass is 79.9. The largest absolute Gasteiger partial charge is 0.325 e. The molecular formula is C12H16BrN3O3. The van der Waals surface area contributed by atoms with Crippen molar-refractivity contribution in [2.45, 2.75) is 26.3 Å². The van der Waals surface area contributed by atoms with Crippen molar-refractivity contribution < 1.29 is 9.72 Å². The molecule has 0 aliphatic carbocycles. The summed E-state index contributed by atoms with van der Waals surface area (Å²) >= 11 is 3.10. The minimum Gasteiger partial charge on any atom is -0.325 e. The van der Waals surface area contributed by atoms with E-state index in [1.807, 2.05) is 20.8 Å². The van der Waals surface area contributed by atoms with Crippen LogP contribution in [0, 0.1) is 10.1 Å². The van der Waals surface area contributed by atoms with Crippen LogP contribution < -0.4 is 10.6 Å². The van der Waals surface area contributed by atoms with E-state index in [4.69, 9.17) is 0 Å². The van der Waals surface area contributed by atoms with Crippen molar-refractivity contribution in [1.29, 1.82) is 0 Å². The summed E-state index contributed by atoms with van der Waals surface area (Å²) in [6.07, 6.45) is 0. The van der Waals surface area contributed by atoms with Crippen LogP contribution in [0.5, 0.6) is 0 Å². The fourth-order valence-electron chi connectivity index (χ4n) is 1.28. The number of rotatable bonds is 4. The van der Waals surface area contributed by atoms with E-state index >= 15 is 0 Å². The lowest BCUT2D eigenvalue weighted by Crippen LogP contribution is -2.41. The van der Waals surface area contributed by atoms with Crippen molar-refractivity contribution in [1.82, 2.24) is 5.32 Å². The highest BCUT2D eigenvalue weighted by Gasteiger charge is 2.14. The second-order valence-electron chi connectivity index (χ2n) is 5.08. The first-order valence-electron chi connectivity index (χ1n) is 5.68. The van der Waals surface area contributed by atoms with Gasteiger partial charge in [0, 0.05) is 17.3 Å². The van der Waals surface area contributed by atoms with Crippen LogP contribution in [-0.4, -0.2) is 22.9 Å². The molecule has 0 aliphatic heterocycles. The van der Waals surface area contributed by atoms with Gasteiger partial charge in [-0.05, 0) is 48.8 Å². The van der Waals surface area contributed by atoms with Crippen LogP contribution in [0.15, 0.2) is 22.7 Å². The minimum atomic E-state index is -0.489. The topological polar surface area (TPSA) is 84.3 Å². The Hall–Kier alpha value is -1.47. The van der Waals surface area contributed by atoms with Gasteiger partial charge >= 0.3 is 0 Å². The molecule has 0 saturated heterocycles. The highest BCUT2D eigenvalue weighted by Crippen LogP contribution is 2.27. The van der Waals surface area contributed by atoms with Crippen LogP contribution in [0.4, 0.5) is 11.4 Å². The molecule has 0 radical (unpaired) electrons. The molecule has 0 bridgehead atoms. The molecule has 6 nitrogen and oxygen atoms in total. The highest BCUT2D eigenvalue weighted by molar-refractivity contribution is 9.10. The summed E-state index contributed by atoms with van der Waals surface area (Å²) in [7, 11) is 0. The first-order valence-corrected chi connectivity index (χ1v) is 6.47. The number of nitro groups is 1. The number of hydrogen-bond acceptors (Lipinski definition) is 4. The minimum absolute atomic E-state index is 0.0363. The maximum Gasteiger partial charge on any atom is 0.283 e. The quantitative estimate of drug-likeness (QED) is 0.657. The second-order valence-corrected chi connectivity index (χ2v) is 5.93. The van der Waals surface area contributed by atoms with E-state index < -0.39 is 4.92 Å². The first-order chi connectivity index (χ1) is 8.69. The van der Waals surface area contributed by atoms with Gasteiger partial charge in [-0.3, -0.25) is 14.9 Å². The van der Waals surface area contributed by atoms with Crippen LogP contribution in [-0.2, 0) is 4.79 Å². The van der Waals surface area contributed by atoms with E-state index in [0.29, 0.717) is 10.2 Å². The second kappa shape index (κ2) is 6.12. The summed E-state index contributed by atoms with van der Waals surface area (Å²) in [6, 6.07) is 4.35. The van der Waals surface area contributed by atoms with E-state index in [2.05, 4.69) is 26.6 Å². The van der Waals surface area contributed by atoms with Crippen LogP contribution >= 0.6 is 15.9 Å². The Morgan fingerprint density at radius 1 is 1.42 bits per heavy atom. The van der Waals surface area contributed by atoms with Gasteiger partial charge in [0.15, 0.2) is 0 Å². The number of nitrogens with zero attached hydrogens (tertiary/aromatic N) is 1. The summed E-state index contributed by atoms with van der Waals surface area (Å²) in [5.41, 5.74) is 0.330. The Labute approximate surface area is 119 Å². The number of amides is 1. The fourth-order valence-corrected chi connectivity index (χ4v) is 1.81. The van der Waals surface area contributed by atoms with Crippen molar-refractivity contribution >= 4 is 33.2 Å². The van der Waals surface area contributed by atoms with Crippen molar-refractivity contribution in [3.8, 4) is 0 Å². The van der Waals surface area contributed by atoms with Gasteiger partial charge in [0.2, 0.25) is 5.91 Å². The van der Waals surface area contributed by atoms with Crippen LogP contribution in [0.2, 0.25) is 0 Å². The molecule has 1 aromatic rings. The molecule has 2 N–H and O–H groups in total.